The number of halogens is 2. The van der Waals surface area contributed by atoms with E-state index < -0.39 is 0 Å². The third kappa shape index (κ3) is 3.05. The van der Waals surface area contributed by atoms with Gasteiger partial charge in [0.25, 0.3) is 0 Å². The lowest BCUT2D eigenvalue weighted by Gasteiger charge is -2.19. The molecule has 106 valence electrons. The van der Waals surface area contributed by atoms with Crippen LogP contribution in [0.25, 0.3) is 11.1 Å². The topological polar surface area (TPSA) is 29.0 Å². The molecule has 1 heterocycles. The summed E-state index contributed by atoms with van der Waals surface area (Å²) < 4.78 is 0. The quantitative estimate of drug-likeness (QED) is 0.773. The molecular weight excluding hydrogens is 293 g/mol. The van der Waals surface area contributed by atoms with Crippen LogP contribution < -0.4 is 4.90 Å². The Kier molecular flexibility index (Phi) is 4.84. The average molecular weight is 310 g/mol. The minimum Gasteiger partial charge on any atom is -0.341 e. The maximum absolute atomic E-state index is 6.30. The maximum atomic E-state index is 6.30. The fourth-order valence-corrected chi connectivity index (χ4v) is 2.60. The Labute approximate surface area is 129 Å². The van der Waals surface area contributed by atoms with E-state index in [1.165, 1.54) is 5.56 Å². The molecule has 0 amide bonds. The highest BCUT2D eigenvalue weighted by Gasteiger charge is 2.15. The van der Waals surface area contributed by atoms with Gasteiger partial charge in [0.05, 0.1) is 5.56 Å². The van der Waals surface area contributed by atoms with Crippen LogP contribution in [0.5, 0.6) is 0 Å². The molecule has 0 aliphatic heterocycles. The molecule has 0 saturated heterocycles. The highest BCUT2D eigenvalue weighted by molar-refractivity contribution is 6.37. The van der Waals surface area contributed by atoms with Crippen molar-refractivity contribution in [1.82, 2.24) is 9.97 Å². The molecule has 5 heteroatoms. The number of rotatable bonds is 4. The van der Waals surface area contributed by atoms with Crippen molar-refractivity contribution in [3.8, 4) is 11.1 Å². The number of benzene rings is 1. The van der Waals surface area contributed by atoms with Gasteiger partial charge in [-0.15, -0.1) is 0 Å². The van der Waals surface area contributed by atoms with Gasteiger partial charge in [-0.25, -0.2) is 9.97 Å². The molecule has 0 N–H and O–H groups in total. The predicted octanol–water partition coefficient (Wildman–Crippen LogP) is 4.61. The average Bonchev–Trinajstić information content (AvgIpc) is 2.41. The molecule has 0 atom stereocenters. The zero-order valence-electron chi connectivity index (χ0n) is 11.8. The Morgan fingerprint density at radius 2 is 1.45 bits per heavy atom. The lowest BCUT2D eigenvalue weighted by atomic mass is 10.1. The molecular formula is C15H17Cl2N3. The van der Waals surface area contributed by atoms with E-state index in [4.69, 9.17) is 23.2 Å². The summed E-state index contributed by atoms with van der Waals surface area (Å²) in [7, 11) is 0. The Bertz CT molecular complexity index is 570. The van der Waals surface area contributed by atoms with Crippen molar-refractivity contribution in [3.63, 3.8) is 0 Å². The molecule has 0 spiro atoms. The van der Waals surface area contributed by atoms with Crippen LogP contribution in [0.15, 0.2) is 24.3 Å². The van der Waals surface area contributed by atoms with E-state index in [1.807, 2.05) is 49.9 Å². The monoisotopic (exact) mass is 309 g/mol. The standard InChI is InChI=1S/C15H17Cl2N3/c1-4-20(5-2)15-18-13(16)12(14(17)19-15)11-8-6-10(3)7-9-11/h6-9H,4-5H2,1-3H3. The molecule has 0 aliphatic carbocycles. The number of hydrogen-bond donors (Lipinski definition) is 0. The van der Waals surface area contributed by atoms with E-state index in [0.29, 0.717) is 21.8 Å². The van der Waals surface area contributed by atoms with E-state index in [2.05, 4.69) is 9.97 Å². The molecule has 0 saturated carbocycles. The summed E-state index contributed by atoms with van der Waals surface area (Å²) in [5, 5.41) is 0.770. The van der Waals surface area contributed by atoms with Crippen LogP contribution in [0.1, 0.15) is 19.4 Å². The fraction of sp³-hybridized carbons (Fsp3) is 0.333. The van der Waals surface area contributed by atoms with Crippen molar-refractivity contribution >= 4 is 29.2 Å². The lowest BCUT2D eigenvalue weighted by Crippen LogP contribution is -2.24. The summed E-state index contributed by atoms with van der Waals surface area (Å²) in [5.41, 5.74) is 2.79. The van der Waals surface area contributed by atoms with E-state index >= 15 is 0 Å². The van der Waals surface area contributed by atoms with Crippen LogP contribution >= 0.6 is 23.2 Å². The minimum atomic E-state index is 0.385. The first-order valence-electron chi connectivity index (χ1n) is 6.61. The van der Waals surface area contributed by atoms with Crippen LogP contribution in [0.4, 0.5) is 5.95 Å². The van der Waals surface area contributed by atoms with Gasteiger partial charge < -0.3 is 4.90 Å². The van der Waals surface area contributed by atoms with Gasteiger partial charge in [0.2, 0.25) is 5.95 Å². The first-order chi connectivity index (χ1) is 9.56. The zero-order chi connectivity index (χ0) is 14.7. The second kappa shape index (κ2) is 6.42. The molecule has 2 aromatic rings. The predicted molar refractivity (Wildman–Crippen MR) is 85.8 cm³/mol. The smallest absolute Gasteiger partial charge is 0.228 e. The molecule has 1 aromatic heterocycles. The zero-order valence-corrected chi connectivity index (χ0v) is 13.3. The summed E-state index contributed by atoms with van der Waals surface area (Å²) in [6, 6.07) is 7.98. The Morgan fingerprint density at radius 1 is 0.950 bits per heavy atom. The van der Waals surface area contributed by atoms with E-state index in [0.717, 1.165) is 18.7 Å². The summed E-state index contributed by atoms with van der Waals surface area (Å²) in [6.07, 6.45) is 0. The molecule has 2 rings (SSSR count). The van der Waals surface area contributed by atoms with Gasteiger partial charge in [-0.3, -0.25) is 0 Å². The Hall–Kier alpha value is -1.32. The van der Waals surface area contributed by atoms with Crippen LogP contribution in [0.2, 0.25) is 10.3 Å². The largest absolute Gasteiger partial charge is 0.341 e. The molecule has 1 aromatic carbocycles. The van der Waals surface area contributed by atoms with Crippen molar-refractivity contribution in [2.75, 3.05) is 18.0 Å². The SMILES string of the molecule is CCN(CC)c1nc(Cl)c(-c2ccc(C)cc2)c(Cl)n1. The van der Waals surface area contributed by atoms with Crippen molar-refractivity contribution in [2.24, 2.45) is 0 Å². The number of aromatic nitrogens is 2. The van der Waals surface area contributed by atoms with Crippen molar-refractivity contribution in [1.29, 1.82) is 0 Å². The molecule has 20 heavy (non-hydrogen) atoms. The van der Waals surface area contributed by atoms with Crippen molar-refractivity contribution in [2.45, 2.75) is 20.8 Å². The second-order valence-corrected chi connectivity index (χ2v) is 5.23. The Morgan fingerprint density at radius 3 is 1.90 bits per heavy atom. The van der Waals surface area contributed by atoms with Gasteiger partial charge in [0.15, 0.2) is 0 Å². The van der Waals surface area contributed by atoms with Gasteiger partial charge in [0, 0.05) is 13.1 Å². The maximum Gasteiger partial charge on any atom is 0.228 e. The third-order valence-electron chi connectivity index (χ3n) is 3.20. The first kappa shape index (κ1) is 15.1. The van der Waals surface area contributed by atoms with Gasteiger partial charge in [-0.2, -0.15) is 0 Å². The van der Waals surface area contributed by atoms with Gasteiger partial charge in [-0.05, 0) is 26.3 Å². The highest BCUT2D eigenvalue weighted by Crippen LogP contribution is 2.33. The lowest BCUT2D eigenvalue weighted by molar-refractivity contribution is 0.822. The van der Waals surface area contributed by atoms with E-state index in [9.17, 15) is 0 Å². The molecule has 0 aliphatic rings. The third-order valence-corrected chi connectivity index (χ3v) is 3.74. The number of hydrogen-bond acceptors (Lipinski definition) is 3. The van der Waals surface area contributed by atoms with E-state index in [-0.39, 0.29) is 0 Å². The van der Waals surface area contributed by atoms with Crippen molar-refractivity contribution in [3.05, 3.63) is 40.1 Å². The fourth-order valence-electron chi connectivity index (χ4n) is 2.00. The Balaban J connectivity index is 2.48. The van der Waals surface area contributed by atoms with Crippen LogP contribution in [-0.4, -0.2) is 23.1 Å². The number of aryl methyl sites for hydroxylation is 1. The minimum absolute atomic E-state index is 0.385. The normalized spacial score (nSPS) is 10.7. The van der Waals surface area contributed by atoms with Crippen LogP contribution in [0.3, 0.4) is 0 Å². The number of anilines is 1. The summed E-state index contributed by atoms with van der Waals surface area (Å²) in [6.45, 7) is 7.75. The van der Waals surface area contributed by atoms with Crippen molar-refractivity contribution < 1.29 is 0 Å². The summed E-state index contributed by atoms with van der Waals surface area (Å²) >= 11 is 12.6. The molecule has 3 nitrogen and oxygen atoms in total. The molecule has 0 fully saturated rings. The number of nitrogens with zero attached hydrogens (tertiary/aromatic N) is 3. The van der Waals surface area contributed by atoms with Gasteiger partial charge in [0.1, 0.15) is 10.3 Å². The van der Waals surface area contributed by atoms with Gasteiger partial charge in [-0.1, -0.05) is 53.0 Å². The molecule has 0 radical (unpaired) electrons. The molecule has 0 unspecified atom stereocenters. The van der Waals surface area contributed by atoms with Crippen LogP contribution in [-0.2, 0) is 0 Å². The summed E-state index contributed by atoms with van der Waals surface area (Å²) in [5.74, 6) is 0.570. The highest BCUT2D eigenvalue weighted by atomic mass is 35.5. The first-order valence-corrected chi connectivity index (χ1v) is 7.37. The molecule has 0 bridgehead atoms. The van der Waals surface area contributed by atoms with E-state index in [1.54, 1.807) is 0 Å². The second-order valence-electron chi connectivity index (χ2n) is 4.52. The summed E-state index contributed by atoms with van der Waals surface area (Å²) in [4.78, 5) is 10.8. The van der Waals surface area contributed by atoms with Gasteiger partial charge >= 0.3 is 0 Å². The van der Waals surface area contributed by atoms with Crippen LogP contribution in [0, 0.1) is 6.92 Å².